The molecule has 154 valence electrons. The van der Waals surface area contributed by atoms with Crippen LogP contribution in [0.4, 0.5) is 0 Å². The van der Waals surface area contributed by atoms with Crippen molar-refractivity contribution in [3.8, 4) is 23.0 Å². The first-order chi connectivity index (χ1) is 14.1. The van der Waals surface area contributed by atoms with E-state index in [0.717, 1.165) is 45.8 Å². The van der Waals surface area contributed by atoms with Crippen molar-refractivity contribution in [2.24, 2.45) is 0 Å². The minimum absolute atomic E-state index is 0.586. The second-order valence-corrected chi connectivity index (χ2v) is 7.24. The summed E-state index contributed by atoms with van der Waals surface area (Å²) in [6, 6.07) is 7.95. The Morgan fingerprint density at radius 1 is 0.793 bits per heavy atom. The first-order valence-corrected chi connectivity index (χ1v) is 9.72. The fraction of sp³-hybridized carbons (Fsp3) is 0.391. The maximum Gasteiger partial charge on any atom is 0.161 e. The molecule has 0 aromatic heterocycles. The van der Waals surface area contributed by atoms with Crippen LogP contribution in [0, 0.1) is 0 Å². The molecule has 0 saturated heterocycles. The maximum absolute atomic E-state index is 11.1. The molecule has 6 heteroatoms. The van der Waals surface area contributed by atoms with E-state index in [-0.39, 0.29) is 0 Å². The number of benzene rings is 3. The molecular formula is C23H27NO5. The molecule has 0 radical (unpaired) electrons. The molecule has 29 heavy (non-hydrogen) atoms. The van der Waals surface area contributed by atoms with Gasteiger partial charge in [-0.05, 0) is 63.5 Å². The van der Waals surface area contributed by atoms with Gasteiger partial charge in [0.2, 0.25) is 0 Å². The van der Waals surface area contributed by atoms with E-state index in [1.54, 1.807) is 28.4 Å². The van der Waals surface area contributed by atoms with Gasteiger partial charge in [0.1, 0.15) is 0 Å². The third kappa shape index (κ3) is 3.03. The van der Waals surface area contributed by atoms with Gasteiger partial charge in [0.05, 0.1) is 34.5 Å². The monoisotopic (exact) mass is 397 g/mol. The van der Waals surface area contributed by atoms with E-state index in [1.807, 2.05) is 24.3 Å². The van der Waals surface area contributed by atoms with Crippen molar-refractivity contribution in [1.82, 2.24) is 4.90 Å². The highest BCUT2D eigenvalue weighted by molar-refractivity contribution is 6.13. The Bertz CT molecular complexity index is 1080. The van der Waals surface area contributed by atoms with Crippen LogP contribution in [-0.2, 0) is 6.54 Å². The summed E-state index contributed by atoms with van der Waals surface area (Å²) >= 11 is 0. The van der Waals surface area contributed by atoms with Crippen LogP contribution in [0.2, 0.25) is 0 Å². The van der Waals surface area contributed by atoms with Crippen LogP contribution in [0.3, 0.4) is 0 Å². The zero-order valence-electron chi connectivity index (χ0n) is 17.5. The molecule has 3 aromatic carbocycles. The lowest BCUT2D eigenvalue weighted by atomic mass is 9.86. The van der Waals surface area contributed by atoms with Gasteiger partial charge in [0.25, 0.3) is 0 Å². The van der Waals surface area contributed by atoms with Crippen molar-refractivity contribution < 1.29 is 24.1 Å². The lowest BCUT2D eigenvalue weighted by Gasteiger charge is -2.33. The molecule has 4 rings (SSSR count). The smallest absolute Gasteiger partial charge is 0.161 e. The molecule has 1 unspecified atom stereocenters. The highest BCUT2D eigenvalue weighted by Crippen LogP contribution is 2.46. The van der Waals surface area contributed by atoms with Gasteiger partial charge >= 0.3 is 0 Å². The highest BCUT2D eigenvalue weighted by atomic mass is 16.5. The summed E-state index contributed by atoms with van der Waals surface area (Å²) in [7, 11) is 6.52. The predicted octanol–water partition coefficient (Wildman–Crippen LogP) is 3.90. The average molecular weight is 397 g/mol. The second-order valence-electron chi connectivity index (χ2n) is 7.24. The van der Waals surface area contributed by atoms with Crippen LogP contribution in [0.1, 0.15) is 24.2 Å². The quantitative estimate of drug-likeness (QED) is 0.659. The number of aliphatic hydroxyl groups excluding tert-OH is 1. The third-order valence-electron chi connectivity index (χ3n) is 5.87. The van der Waals surface area contributed by atoms with Crippen molar-refractivity contribution in [3.63, 3.8) is 0 Å². The van der Waals surface area contributed by atoms with Crippen LogP contribution in [-0.4, -0.2) is 51.5 Å². The first kappa shape index (κ1) is 19.6. The Labute approximate surface area is 170 Å². The number of likely N-dealkylation sites (N-methyl/N-ethyl adjacent to an activating group) is 1. The molecule has 0 bridgehead atoms. The Morgan fingerprint density at radius 2 is 1.24 bits per heavy atom. The minimum Gasteiger partial charge on any atom is -0.493 e. The van der Waals surface area contributed by atoms with Gasteiger partial charge in [-0.2, -0.15) is 0 Å². The molecule has 0 amide bonds. The fourth-order valence-electron chi connectivity index (χ4n) is 4.40. The molecule has 3 aromatic rings. The lowest BCUT2D eigenvalue weighted by Crippen LogP contribution is -2.33. The normalized spacial score (nSPS) is 16.7. The van der Waals surface area contributed by atoms with E-state index in [0.29, 0.717) is 29.5 Å². The number of methoxy groups -OCH3 is 4. The molecule has 1 N–H and O–H groups in total. The van der Waals surface area contributed by atoms with Crippen LogP contribution in [0.15, 0.2) is 24.3 Å². The summed E-state index contributed by atoms with van der Waals surface area (Å²) in [6.07, 6.45) is -0.586. The number of hydrogen-bond acceptors (Lipinski definition) is 6. The molecule has 0 aliphatic carbocycles. The van der Waals surface area contributed by atoms with E-state index >= 15 is 0 Å². The van der Waals surface area contributed by atoms with E-state index in [1.165, 1.54) is 0 Å². The standard InChI is InChI=1S/C23H27NO5/c1-6-24-11-17-15-9-21(28-4)19(26-2)7-13(15)14-8-20(27-3)22(29-5)10-16(14)23(17)18(25)12-24/h7-10,18,25H,6,11-12H2,1-5H3. The summed E-state index contributed by atoms with van der Waals surface area (Å²) in [4.78, 5) is 2.25. The zero-order valence-corrected chi connectivity index (χ0v) is 17.5. The SMILES string of the molecule is CCN1Cc2c(c3cc(OC)c(OC)cc3c3cc(OC)c(OC)cc23)C(O)C1. The van der Waals surface area contributed by atoms with Gasteiger partial charge in [-0.25, -0.2) is 0 Å². The molecule has 1 heterocycles. The molecule has 1 aliphatic heterocycles. The summed E-state index contributed by atoms with van der Waals surface area (Å²) in [5, 5.41) is 15.1. The van der Waals surface area contributed by atoms with Crippen LogP contribution < -0.4 is 18.9 Å². The molecule has 6 nitrogen and oxygen atoms in total. The molecule has 1 atom stereocenters. The van der Waals surface area contributed by atoms with Gasteiger partial charge in [0.15, 0.2) is 23.0 Å². The van der Waals surface area contributed by atoms with Gasteiger partial charge in [-0.1, -0.05) is 6.92 Å². The topological polar surface area (TPSA) is 60.4 Å². The molecule has 0 spiro atoms. The van der Waals surface area contributed by atoms with E-state index in [4.69, 9.17) is 18.9 Å². The highest BCUT2D eigenvalue weighted by Gasteiger charge is 2.29. The molecular weight excluding hydrogens is 370 g/mol. The van der Waals surface area contributed by atoms with Gasteiger partial charge in [-0.15, -0.1) is 0 Å². The Hall–Kier alpha value is -2.70. The number of hydrogen-bond donors (Lipinski definition) is 1. The second kappa shape index (κ2) is 7.61. The molecule has 1 aliphatic rings. The zero-order chi connectivity index (χ0) is 20.7. The minimum atomic E-state index is -0.586. The Morgan fingerprint density at radius 3 is 1.72 bits per heavy atom. The lowest BCUT2D eigenvalue weighted by molar-refractivity contribution is 0.0977. The van der Waals surface area contributed by atoms with Crippen LogP contribution >= 0.6 is 0 Å². The van der Waals surface area contributed by atoms with Crippen LogP contribution in [0.5, 0.6) is 23.0 Å². The number of rotatable bonds is 5. The number of β-amino-alcohol motifs (C(OH)–C–C–N with tert-alkyl or cyclic N) is 1. The number of aliphatic hydroxyl groups is 1. The fourth-order valence-corrected chi connectivity index (χ4v) is 4.40. The van der Waals surface area contributed by atoms with Crippen molar-refractivity contribution in [2.75, 3.05) is 41.5 Å². The van der Waals surface area contributed by atoms with E-state index < -0.39 is 6.10 Å². The maximum atomic E-state index is 11.1. The summed E-state index contributed by atoms with van der Waals surface area (Å²) in [5.41, 5.74) is 2.06. The summed E-state index contributed by atoms with van der Waals surface area (Å²) in [6.45, 7) is 4.35. The van der Waals surface area contributed by atoms with Crippen LogP contribution in [0.25, 0.3) is 21.5 Å². The Kier molecular flexibility index (Phi) is 5.15. The molecule has 0 saturated carbocycles. The van der Waals surface area contributed by atoms with E-state index in [2.05, 4.69) is 11.8 Å². The number of ether oxygens (including phenoxy) is 4. The average Bonchev–Trinajstić information content (AvgIpc) is 2.76. The number of nitrogens with zero attached hydrogens (tertiary/aromatic N) is 1. The molecule has 0 fully saturated rings. The van der Waals surface area contributed by atoms with Gasteiger partial charge in [0, 0.05) is 13.1 Å². The first-order valence-electron chi connectivity index (χ1n) is 9.72. The number of fused-ring (bicyclic) bond motifs is 6. The van der Waals surface area contributed by atoms with Crippen molar-refractivity contribution in [3.05, 3.63) is 35.4 Å². The third-order valence-corrected chi connectivity index (χ3v) is 5.87. The van der Waals surface area contributed by atoms with Gasteiger partial charge < -0.3 is 24.1 Å². The van der Waals surface area contributed by atoms with Crippen molar-refractivity contribution in [1.29, 1.82) is 0 Å². The largest absolute Gasteiger partial charge is 0.493 e. The van der Waals surface area contributed by atoms with Gasteiger partial charge in [-0.3, -0.25) is 4.90 Å². The summed E-state index contributed by atoms with van der Waals surface area (Å²) in [5.74, 6) is 2.63. The van der Waals surface area contributed by atoms with Crippen molar-refractivity contribution in [2.45, 2.75) is 19.6 Å². The van der Waals surface area contributed by atoms with Crippen molar-refractivity contribution >= 4 is 21.5 Å². The summed E-state index contributed by atoms with van der Waals surface area (Å²) < 4.78 is 22.2. The van der Waals surface area contributed by atoms with E-state index in [9.17, 15) is 5.11 Å². The predicted molar refractivity (Wildman–Crippen MR) is 114 cm³/mol. The Balaban J connectivity index is 2.18.